The summed E-state index contributed by atoms with van der Waals surface area (Å²) in [6, 6.07) is 19.8. The molecule has 0 spiro atoms. The molecule has 0 aliphatic carbocycles. The Balaban J connectivity index is 2.59. The molecule has 0 heterocycles. The van der Waals surface area contributed by atoms with Gasteiger partial charge in [-0.15, -0.1) is 0 Å². The molecule has 20 heavy (non-hydrogen) atoms. The van der Waals surface area contributed by atoms with E-state index >= 15 is 0 Å². The van der Waals surface area contributed by atoms with Crippen molar-refractivity contribution in [1.29, 1.82) is 10.5 Å². The quantitative estimate of drug-likeness (QED) is 0.481. The van der Waals surface area contributed by atoms with E-state index in [-0.39, 0.29) is 0 Å². The van der Waals surface area contributed by atoms with Gasteiger partial charge in [0.05, 0.1) is 11.1 Å². The first-order valence-electron chi connectivity index (χ1n) is 5.95. The van der Waals surface area contributed by atoms with Crippen LogP contribution >= 0.6 is 0 Å². The monoisotopic (exact) mass is 258 g/mol. The number of nitrogens with zero attached hydrogens (tertiary/aromatic N) is 2. The summed E-state index contributed by atoms with van der Waals surface area (Å²) in [5.74, 6) is 0. The zero-order valence-electron chi connectivity index (χ0n) is 10.6. The number of hydrogen-bond donors (Lipinski definition) is 0. The Kier molecular flexibility index (Phi) is 4.07. The third-order valence-corrected chi connectivity index (χ3v) is 2.87. The van der Waals surface area contributed by atoms with Gasteiger partial charge in [0.2, 0.25) is 0 Å². The average Bonchev–Trinajstić information content (AvgIpc) is 2.53. The van der Waals surface area contributed by atoms with E-state index < -0.39 is 0 Å². The first kappa shape index (κ1) is 13.3. The topological polar surface area (TPSA) is 64.7 Å². The first-order chi connectivity index (χ1) is 9.80. The molecule has 0 aromatic heterocycles. The van der Waals surface area contributed by atoms with Crippen molar-refractivity contribution in [2.24, 2.45) is 0 Å². The van der Waals surface area contributed by atoms with E-state index in [0.29, 0.717) is 27.8 Å². The highest BCUT2D eigenvalue weighted by atomic mass is 16.1. The third-order valence-electron chi connectivity index (χ3n) is 2.87. The van der Waals surface area contributed by atoms with Gasteiger partial charge in [0.1, 0.15) is 18.4 Å². The number of carbonyl (C=O) groups is 1. The number of rotatable bonds is 3. The summed E-state index contributed by atoms with van der Waals surface area (Å²) in [4.78, 5) is 10.6. The molecule has 0 saturated carbocycles. The molecule has 2 aromatic rings. The number of aldehydes is 1. The van der Waals surface area contributed by atoms with Gasteiger partial charge < -0.3 is 0 Å². The highest BCUT2D eigenvalue weighted by Crippen LogP contribution is 2.25. The molecule has 3 nitrogen and oxygen atoms in total. The van der Waals surface area contributed by atoms with Crippen LogP contribution in [0.5, 0.6) is 0 Å². The van der Waals surface area contributed by atoms with Crippen molar-refractivity contribution in [1.82, 2.24) is 0 Å². The lowest BCUT2D eigenvalue weighted by atomic mass is 9.96. The summed E-state index contributed by atoms with van der Waals surface area (Å²) in [7, 11) is 0. The molecule has 0 atom stereocenters. The van der Waals surface area contributed by atoms with Crippen LogP contribution in [0, 0.1) is 22.7 Å². The fraction of sp³-hybridized carbons (Fsp3) is 0. The van der Waals surface area contributed by atoms with E-state index in [2.05, 4.69) is 12.1 Å². The predicted octanol–water partition coefficient (Wildman–Crippen LogP) is 3.46. The summed E-state index contributed by atoms with van der Waals surface area (Å²) in [5.41, 5.74) is 2.48. The fourth-order valence-electron chi connectivity index (χ4n) is 1.86. The summed E-state index contributed by atoms with van der Waals surface area (Å²) in [6.07, 6.45) is 0.738. The van der Waals surface area contributed by atoms with Crippen LogP contribution < -0.4 is 0 Å². The molecule has 0 saturated heterocycles. The van der Waals surface area contributed by atoms with Crippen molar-refractivity contribution >= 4 is 17.4 Å². The number of carbonyl (C=O) groups excluding carboxylic acids is 1. The molecule has 0 aliphatic rings. The van der Waals surface area contributed by atoms with Gasteiger partial charge in [0, 0.05) is 5.56 Å². The normalized spacial score (nSPS) is 10.9. The maximum absolute atomic E-state index is 10.6. The summed E-state index contributed by atoms with van der Waals surface area (Å²) >= 11 is 0. The Hall–Kier alpha value is -3.17. The molecule has 2 aromatic carbocycles. The molecule has 0 unspecified atom stereocenters. The van der Waals surface area contributed by atoms with E-state index in [4.69, 9.17) is 0 Å². The van der Waals surface area contributed by atoms with Crippen LogP contribution in [-0.4, -0.2) is 6.29 Å². The minimum absolute atomic E-state index is 0.302. The maximum Gasteiger partial charge on any atom is 0.150 e. The van der Waals surface area contributed by atoms with Crippen molar-refractivity contribution in [3.8, 4) is 12.1 Å². The molecule has 0 amide bonds. The van der Waals surface area contributed by atoms with Crippen LogP contribution in [0.2, 0.25) is 0 Å². The molecule has 2 rings (SSSR count). The Bertz CT molecular complexity index is 729. The standard InChI is InChI=1S/C17H10N2O/c18-10-16(14-4-2-1-3-5-14)17(11-19)15-8-6-13(12-20)7-9-15/h1-9,12H/b17-16+. The van der Waals surface area contributed by atoms with Crippen LogP contribution in [0.25, 0.3) is 11.1 Å². The van der Waals surface area contributed by atoms with Crippen LogP contribution in [0.4, 0.5) is 0 Å². The molecule has 0 N–H and O–H groups in total. The summed E-state index contributed by atoms with van der Waals surface area (Å²) in [6.45, 7) is 0. The Morgan fingerprint density at radius 2 is 1.30 bits per heavy atom. The molecule has 0 fully saturated rings. The van der Waals surface area contributed by atoms with Gasteiger partial charge >= 0.3 is 0 Å². The first-order valence-corrected chi connectivity index (χ1v) is 5.95. The maximum atomic E-state index is 10.6. The number of allylic oxidation sites excluding steroid dienone is 2. The molecule has 0 bridgehead atoms. The number of hydrogen-bond acceptors (Lipinski definition) is 3. The molecule has 3 heteroatoms. The highest BCUT2D eigenvalue weighted by Gasteiger charge is 2.11. The zero-order valence-corrected chi connectivity index (χ0v) is 10.6. The summed E-state index contributed by atoms with van der Waals surface area (Å²) < 4.78 is 0. The van der Waals surface area contributed by atoms with Crippen LogP contribution in [-0.2, 0) is 0 Å². The van der Waals surface area contributed by atoms with E-state index in [9.17, 15) is 15.3 Å². The second-order valence-corrected chi connectivity index (χ2v) is 4.08. The van der Waals surface area contributed by atoms with Crippen LogP contribution in [0.1, 0.15) is 21.5 Å². The van der Waals surface area contributed by atoms with Gasteiger partial charge in [-0.2, -0.15) is 10.5 Å². The molecule has 0 radical (unpaired) electrons. The van der Waals surface area contributed by atoms with Gasteiger partial charge in [-0.3, -0.25) is 4.79 Å². The Morgan fingerprint density at radius 1 is 0.800 bits per heavy atom. The minimum Gasteiger partial charge on any atom is -0.298 e. The molecular formula is C17H10N2O. The van der Waals surface area contributed by atoms with Gasteiger partial charge in [0.25, 0.3) is 0 Å². The Labute approximate surface area is 117 Å². The molecule has 94 valence electrons. The van der Waals surface area contributed by atoms with Crippen molar-refractivity contribution in [2.75, 3.05) is 0 Å². The van der Waals surface area contributed by atoms with Gasteiger partial charge in [0.15, 0.2) is 0 Å². The van der Waals surface area contributed by atoms with Crippen molar-refractivity contribution in [3.05, 3.63) is 71.3 Å². The van der Waals surface area contributed by atoms with Gasteiger partial charge in [-0.25, -0.2) is 0 Å². The lowest BCUT2D eigenvalue weighted by molar-refractivity contribution is 0.112. The zero-order chi connectivity index (χ0) is 14.4. The van der Waals surface area contributed by atoms with Crippen molar-refractivity contribution in [2.45, 2.75) is 0 Å². The largest absolute Gasteiger partial charge is 0.298 e. The van der Waals surface area contributed by atoms with E-state index in [1.165, 1.54) is 0 Å². The predicted molar refractivity (Wildman–Crippen MR) is 76.3 cm³/mol. The summed E-state index contributed by atoms with van der Waals surface area (Å²) in [5, 5.41) is 18.7. The highest BCUT2D eigenvalue weighted by molar-refractivity contribution is 6.02. The Morgan fingerprint density at radius 3 is 1.75 bits per heavy atom. The molecule has 0 aliphatic heterocycles. The second kappa shape index (κ2) is 6.13. The number of nitriles is 2. The van der Waals surface area contributed by atoms with Crippen molar-refractivity contribution in [3.63, 3.8) is 0 Å². The van der Waals surface area contributed by atoms with Gasteiger partial charge in [-0.1, -0.05) is 54.6 Å². The smallest absolute Gasteiger partial charge is 0.150 e. The average molecular weight is 258 g/mol. The van der Waals surface area contributed by atoms with Gasteiger partial charge in [-0.05, 0) is 11.1 Å². The minimum atomic E-state index is 0.302. The lowest BCUT2D eigenvalue weighted by Gasteiger charge is -2.04. The number of benzene rings is 2. The van der Waals surface area contributed by atoms with Crippen LogP contribution in [0.15, 0.2) is 54.6 Å². The van der Waals surface area contributed by atoms with Crippen molar-refractivity contribution < 1.29 is 4.79 Å². The lowest BCUT2D eigenvalue weighted by Crippen LogP contribution is -1.90. The third kappa shape index (κ3) is 2.63. The molecular weight excluding hydrogens is 248 g/mol. The second-order valence-electron chi connectivity index (χ2n) is 4.08. The van der Waals surface area contributed by atoms with E-state index in [1.807, 2.05) is 18.2 Å². The SMILES string of the molecule is N#C/C(=C(/C#N)c1ccc(C=O)cc1)c1ccccc1. The van der Waals surface area contributed by atoms with Crippen LogP contribution in [0.3, 0.4) is 0 Å². The fourth-order valence-corrected chi connectivity index (χ4v) is 1.86. The van der Waals surface area contributed by atoms with E-state index in [0.717, 1.165) is 6.29 Å². The van der Waals surface area contributed by atoms with E-state index in [1.54, 1.807) is 36.4 Å².